The number of ether oxygens (including phenoxy) is 1. The summed E-state index contributed by atoms with van der Waals surface area (Å²) in [5.41, 5.74) is 2.22. The monoisotopic (exact) mass is 370 g/mol. The number of benzene rings is 2. The zero-order valence-electron chi connectivity index (χ0n) is 15.6. The molecule has 5 heteroatoms. The summed E-state index contributed by atoms with van der Waals surface area (Å²) in [7, 11) is 0. The smallest absolute Gasteiger partial charge is 0.128 e. The Kier molecular flexibility index (Phi) is 4.41. The van der Waals surface area contributed by atoms with E-state index in [2.05, 4.69) is 37.8 Å². The van der Waals surface area contributed by atoms with Gasteiger partial charge in [-0.15, -0.1) is 0 Å². The second-order valence-electron chi connectivity index (χ2n) is 7.15. The zero-order chi connectivity index (χ0) is 18.8. The van der Waals surface area contributed by atoms with Crippen molar-refractivity contribution in [3.63, 3.8) is 0 Å². The molecule has 2 aromatic carbocycles. The van der Waals surface area contributed by atoms with Crippen LogP contribution in [0.4, 0.5) is 5.69 Å². The first-order valence-electron chi connectivity index (χ1n) is 9.71. The van der Waals surface area contributed by atoms with Gasteiger partial charge < -0.3 is 14.2 Å². The number of para-hydroxylation sites is 1. The van der Waals surface area contributed by atoms with Crippen LogP contribution in [0.3, 0.4) is 0 Å². The minimum atomic E-state index is 0.531. The summed E-state index contributed by atoms with van der Waals surface area (Å²) < 4.78 is 8.27. The molecule has 0 amide bonds. The molecule has 1 fully saturated rings. The van der Waals surface area contributed by atoms with Crippen molar-refractivity contribution in [1.29, 1.82) is 0 Å². The van der Waals surface area contributed by atoms with Crippen molar-refractivity contribution < 1.29 is 4.74 Å². The summed E-state index contributed by atoms with van der Waals surface area (Å²) in [6, 6.07) is 18.7. The fourth-order valence-electron chi connectivity index (χ4n) is 3.97. The van der Waals surface area contributed by atoms with Gasteiger partial charge in [0.15, 0.2) is 0 Å². The van der Waals surface area contributed by atoms with Crippen LogP contribution in [0.2, 0.25) is 0 Å². The van der Waals surface area contributed by atoms with E-state index >= 15 is 0 Å². The van der Waals surface area contributed by atoms with E-state index in [1.165, 1.54) is 5.69 Å². The molecule has 3 heterocycles. The van der Waals surface area contributed by atoms with Crippen molar-refractivity contribution in [3.05, 3.63) is 79.5 Å². The molecule has 1 aliphatic rings. The van der Waals surface area contributed by atoms with Crippen LogP contribution in [0.25, 0.3) is 10.9 Å². The normalized spacial score (nSPS) is 15.1. The van der Waals surface area contributed by atoms with Crippen LogP contribution < -0.4 is 9.64 Å². The molecule has 5 rings (SSSR count). The molecule has 0 unspecified atom stereocenters. The lowest BCUT2D eigenvalue weighted by Crippen LogP contribution is -2.34. The Balaban J connectivity index is 1.40. The topological polar surface area (TPSA) is 43.2 Å². The summed E-state index contributed by atoms with van der Waals surface area (Å²) in [5.74, 6) is 1.68. The van der Waals surface area contributed by atoms with E-state index in [1.54, 1.807) is 0 Å². The Morgan fingerprint density at radius 2 is 1.75 bits per heavy atom. The second-order valence-corrected chi connectivity index (χ2v) is 7.15. The van der Waals surface area contributed by atoms with Gasteiger partial charge in [0.25, 0.3) is 0 Å². The van der Waals surface area contributed by atoms with Crippen LogP contribution >= 0.6 is 0 Å². The van der Waals surface area contributed by atoms with Gasteiger partial charge in [-0.1, -0.05) is 18.2 Å². The van der Waals surface area contributed by atoms with Crippen LogP contribution in [0, 0.1) is 0 Å². The lowest BCUT2D eigenvalue weighted by atomic mass is 10.0. The summed E-state index contributed by atoms with van der Waals surface area (Å²) in [4.78, 5) is 11.2. The average Bonchev–Trinajstić information content (AvgIpc) is 3.29. The Bertz CT molecular complexity index is 1050. The number of aromatic nitrogens is 3. The summed E-state index contributed by atoms with van der Waals surface area (Å²) in [6.45, 7) is 2.04. The standard InChI is InChI=1S/C23H22N4O/c1-2-4-19(5-3-1)28-20-6-7-22-21(16-20)23(8-11-25-22)26-13-9-18(10-14-26)27-15-12-24-17-27/h1-8,11-12,15-18H,9-10,13-14H2. The maximum atomic E-state index is 6.04. The van der Waals surface area contributed by atoms with Crippen LogP contribution in [-0.2, 0) is 0 Å². The van der Waals surface area contributed by atoms with Gasteiger partial charge in [0.2, 0.25) is 0 Å². The van der Waals surface area contributed by atoms with Gasteiger partial charge in [0.05, 0.1) is 11.8 Å². The average molecular weight is 370 g/mol. The Labute approximate surface area is 164 Å². The van der Waals surface area contributed by atoms with Gasteiger partial charge in [0, 0.05) is 48.8 Å². The molecule has 28 heavy (non-hydrogen) atoms. The van der Waals surface area contributed by atoms with Gasteiger partial charge in [0.1, 0.15) is 11.5 Å². The molecule has 0 atom stereocenters. The SMILES string of the molecule is c1ccc(Oc2ccc3nccc(N4CCC(n5ccnc5)CC4)c3c2)cc1. The van der Waals surface area contributed by atoms with E-state index in [0.717, 1.165) is 48.3 Å². The van der Waals surface area contributed by atoms with Gasteiger partial charge in [-0.2, -0.15) is 0 Å². The molecule has 2 aromatic heterocycles. The molecular weight excluding hydrogens is 348 g/mol. The van der Waals surface area contributed by atoms with Crippen LogP contribution in [-0.4, -0.2) is 27.6 Å². The minimum absolute atomic E-state index is 0.531. The number of piperidine rings is 1. The molecule has 1 aliphatic heterocycles. The van der Waals surface area contributed by atoms with E-state index in [4.69, 9.17) is 4.74 Å². The molecular formula is C23H22N4O. The van der Waals surface area contributed by atoms with E-state index in [1.807, 2.05) is 61.2 Å². The van der Waals surface area contributed by atoms with Crippen molar-refractivity contribution in [2.75, 3.05) is 18.0 Å². The number of rotatable bonds is 4. The summed E-state index contributed by atoms with van der Waals surface area (Å²) in [5, 5.41) is 1.14. The number of pyridine rings is 1. The molecule has 5 nitrogen and oxygen atoms in total. The molecule has 4 aromatic rings. The summed E-state index contributed by atoms with van der Waals surface area (Å²) >= 11 is 0. The first-order valence-corrected chi connectivity index (χ1v) is 9.71. The molecule has 0 N–H and O–H groups in total. The first-order chi connectivity index (χ1) is 13.9. The maximum Gasteiger partial charge on any atom is 0.128 e. The number of hydrogen-bond acceptors (Lipinski definition) is 4. The molecule has 140 valence electrons. The van der Waals surface area contributed by atoms with E-state index in [0.29, 0.717) is 6.04 Å². The van der Waals surface area contributed by atoms with Crippen molar-refractivity contribution in [1.82, 2.24) is 14.5 Å². The minimum Gasteiger partial charge on any atom is -0.457 e. The fourth-order valence-corrected chi connectivity index (χ4v) is 3.97. The lowest BCUT2D eigenvalue weighted by molar-refractivity contribution is 0.396. The Morgan fingerprint density at radius 3 is 2.54 bits per heavy atom. The quantitative estimate of drug-likeness (QED) is 0.503. The van der Waals surface area contributed by atoms with Crippen molar-refractivity contribution in [3.8, 4) is 11.5 Å². The highest BCUT2D eigenvalue weighted by atomic mass is 16.5. The predicted octanol–water partition coefficient (Wildman–Crippen LogP) is 5.07. The molecule has 0 aliphatic carbocycles. The third kappa shape index (κ3) is 3.31. The van der Waals surface area contributed by atoms with Crippen LogP contribution in [0.5, 0.6) is 11.5 Å². The third-order valence-electron chi connectivity index (χ3n) is 5.42. The van der Waals surface area contributed by atoms with Crippen LogP contribution in [0.1, 0.15) is 18.9 Å². The number of imidazole rings is 1. The summed E-state index contributed by atoms with van der Waals surface area (Å²) in [6.07, 6.45) is 9.97. The lowest BCUT2D eigenvalue weighted by Gasteiger charge is -2.34. The number of nitrogens with zero attached hydrogens (tertiary/aromatic N) is 4. The number of hydrogen-bond donors (Lipinski definition) is 0. The Morgan fingerprint density at radius 1 is 0.893 bits per heavy atom. The molecule has 0 radical (unpaired) electrons. The fraction of sp³-hybridized carbons (Fsp3) is 0.217. The molecule has 0 saturated carbocycles. The molecule has 0 spiro atoms. The predicted molar refractivity (Wildman–Crippen MR) is 111 cm³/mol. The van der Waals surface area contributed by atoms with Gasteiger partial charge >= 0.3 is 0 Å². The zero-order valence-corrected chi connectivity index (χ0v) is 15.6. The number of fused-ring (bicyclic) bond motifs is 1. The highest BCUT2D eigenvalue weighted by Crippen LogP contribution is 2.33. The van der Waals surface area contributed by atoms with E-state index in [-0.39, 0.29) is 0 Å². The molecule has 0 bridgehead atoms. The second kappa shape index (κ2) is 7.35. The maximum absolute atomic E-state index is 6.04. The van der Waals surface area contributed by atoms with Crippen molar-refractivity contribution >= 4 is 16.6 Å². The van der Waals surface area contributed by atoms with E-state index in [9.17, 15) is 0 Å². The first kappa shape index (κ1) is 16.8. The highest BCUT2D eigenvalue weighted by molar-refractivity contribution is 5.92. The highest BCUT2D eigenvalue weighted by Gasteiger charge is 2.21. The van der Waals surface area contributed by atoms with Crippen LogP contribution in [0.15, 0.2) is 79.5 Å². The number of anilines is 1. The molecule has 1 saturated heterocycles. The largest absolute Gasteiger partial charge is 0.457 e. The van der Waals surface area contributed by atoms with Crippen molar-refractivity contribution in [2.45, 2.75) is 18.9 Å². The third-order valence-corrected chi connectivity index (χ3v) is 5.42. The van der Waals surface area contributed by atoms with Gasteiger partial charge in [-0.05, 0) is 49.2 Å². The van der Waals surface area contributed by atoms with E-state index < -0.39 is 0 Å². The van der Waals surface area contributed by atoms with Gasteiger partial charge in [-0.3, -0.25) is 4.98 Å². The Hall–Kier alpha value is -3.34. The van der Waals surface area contributed by atoms with Crippen molar-refractivity contribution in [2.24, 2.45) is 0 Å². The van der Waals surface area contributed by atoms with Gasteiger partial charge in [-0.25, -0.2) is 4.98 Å².